The Morgan fingerprint density at radius 3 is 2.46 bits per heavy atom. The molecule has 0 radical (unpaired) electrons. The molecule has 0 bridgehead atoms. The van der Waals surface area contributed by atoms with Gasteiger partial charge in [0, 0.05) is 15.7 Å². The topological polar surface area (TPSA) is 98.1 Å². The first-order valence-electron chi connectivity index (χ1n) is 10.8. The predicted octanol–water partition coefficient (Wildman–Crippen LogP) is 5.21. The molecule has 178 valence electrons. The molecule has 0 amide bonds. The molecule has 10 heteroatoms. The fourth-order valence-electron chi connectivity index (χ4n) is 3.86. The number of hydrogen-bond donors (Lipinski definition) is 2. The SMILES string of the molecule is COc1ccccc1[C@@H]1C=C(c2ccc(Br)cc2)Nc2nc(NS(=O)(=O)c3ccc(C)cc3)nn21. The molecule has 5 rings (SSSR count). The average molecular weight is 552 g/mol. The van der Waals surface area contributed by atoms with Gasteiger partial charge in [0.05, 0.1) is 12.0 Å². The van der Waals surface area contributed by atoms with Crippen molar-refractivity contribution >= 4 is 43.5 Å². The molecule has 0 fully saturated rings. The maximum absolute atomic E-state index is 12.9. The molecule has 1 aromatic heterocycles. The molecular formula is C25H22BrN5O3S. The van der Waals surface area contributed by atoms with Crippen LogP contribution in [0.2, 0.25) is 0 Å². The largest absolute Gasteiger partial charge is 0.496 e. The quantitative estimate of drug-likeness (QED) is 0.341. The van der Waals surface area contributed by atoms with Gasteiger partial charge in [0.25, 0.3) is 16.0 Å². The summed E-state index contributed by atoms with van der Waals surface area (Å²) in [4.78, 5) is 4.60. The van der Waals surface area contributed by atoms with Crippen molar-refractivity contribution in [2.24, 2.45) is 0 Å². The number of benzene rings is 3. The number of para-hydroxylation sites is 1. The lowest BCUT2D eigenvalue weighted by Crippen LogP contribution is -2.20. The van der Waals surface area contributed by atoms with E-state index in [1.165, 1.54) is 0 Å². The van der Waals surface area contributed by atoms with E-state index in [1.54, 1.807) is 36.1 Å². The molecule has 2 heterocycles. The van der Waals surface area contributed by atoms with Crippen molar-refractivity contribution in [3.63, 3.8) is 0 Å². The Hall–Kier alpha value is -3.63. The van der Waals surface area contributed by atoms with Gasteiger partial charge in [0.2, 0.25) is 5.95 Å². The third-order valence-corrected chi connectivity index (χ3v) is 7.51. The van der Waals surface area contributed by atoms with Crippen molar-refractivity contribution in [3.05, 3.63) is 100 Å². The highest BCUT2D eigenvalue weighted by atomic mass is 79.9. The number of rotatable bonds is 6. The second-order valence-electron chi connectivity index (χ2n) is 8.02. The first-order chi connectivity index (χ1) is 16.8. The zero-order valence-electron chi connectivity index (χ0n) is 18.9. The standard InChI is InChI=1S/C25H22BrN5O3S/c1-16-7-13-19(14-8-16)35(32,33)30-24-28-25-27-21(17-9-11-18(26)12-10-17)15-22(31(25)29-24)20-5-3-4-6-23(20)34-2/h3-15,22H,1-2H3,(H2,27,28,29,30)/t22-/m0/s1. The number of aromatic nitrogens is 3. The van der Waals surface area contributed by atoms with E-state index in [4.69, 9.17) is 4.74 Å². The maximum Gasteiger partial charge on any atom is 0.264 e. The van der Waals surface area contributed by atoms with Gasteiger partial charge in [-0.05, 0) is 48.9 Å². The molecule has 0 spiro atoms. The fourth-order valence-corrected chi connectivity index (χ4v) is 5.07. The average Bonchev–Trinajstić information content (AvgIpc) is 3.25. The number of halogens is 1. The molecule has 0 saturated heterocycles. The van der Waals surface area contributed by atoms with E-state index in [9.17, 15) is 8.42 Å². The van der Waals surface area contributed by atoms with Crippen molar-refractivity contribution in [2.45, 2.75) is 17.9 Å². The second kappa shape index (κ2) is 9.20. The van der Waals surface area contributed by atoms with Crippen molar-refractivity contribution in [1.29, 1.82) is 0 Å². The highest BCUT2D eigenvalue weighted by Gasteiger charge is 2.28. The van der Waals surface area contributed by atoms with Gasteiger partial charge in [-0.25, -0.2) is 17.8 Å². The summed E-state index contributed by atoms with van der Waals surface area (Å²) in [5, 5.41) is 7.78. The molecule has 1 atom stereocenters. The van der Waals surface area contributed by atoms with E-state index in [0.29, 0.717) is 11.7 Å². The van der Waals surface area contributed by atoms with Crippen molar-refractivity contribution < 1.29 is 13.2 Å². The van der Waals surface area contributed by atoms with Crippen LogP contribution in [-0.2, 0) is 10.0 Å². The predicted molar refractivity (Wildman–Crippen MR) is 139 cm³/mol. The third kappa shape index (κ3) is 4.67. The summed E-state index contributed by atoms with van der Waals surface area (Å²) in [5.74, 6) is 1.07. The van der Waals surface area contributed by atoms with Gasteiger partial charge in [-0.2, -0.15) is 4.98 Å². The molecule has 4 aromatic rings. The van der Waals surface area contributed by atoms with E-state index >= 15 is 0 Å². The lowest BCUT2D eigenvalue weighted by atomic mass is 10.0. The van der Waals surface area contributed by atoms with Crippen molar-refractivity contribution in [1.82, 2.24) is 14.8 Å². The van der Waals surface area contributed by atoms with Gasteiger partial charge in [0.15, 0.2) is 0 Å². The minimum absolute atomic E-state index is 0.0292. The molecular weight excluding hydrogens is 530 g/mol. The van der Waals surface area contributed by atoms with E-state index in [1.807, 2.05) is 61.5 Å². The number of ether oxygens (including phenoxy) is 1. The molecule has 0 aliphatic carbocycles. The van der Waals surface area contributed by atoms with Gasteiger partial charge >= 0.3 is 0 Å². The van der Waals surface area contributed by atoms with Crippen LogP contribution in [0.1, 0.15) is 22.7 Å². The maximum atomic E-state index is 12.9. The highest BCUT2D eigenvalue weighted by molar-refractivity contribution is 9.10. The Balaban J connectivity index is 1.56. The number of allylic oxidation sites excluding steroid dienone is 1. The summed E-state index contributed by atoms with van der Waals surface area (Å²) in [7, 11) is -2.24. The number of aryl methyl sites for hydroxylation is 1. The Labute approximate surface area is 211 Å². The van der Waals surface area contributed by atoms with Crippen LogP contribution < -0.4 is 14.8 Å². The zero-order chi connectivity index (χ0) is 24.6. The molecule has 8 nitrogen and oxygen atoms in total. The monoisotopic (exact) mass is 551 g/mol. The van der Waals surface area contributed by atoms with E-state index in [2.05, 4.69) is 36.1 Å². The number of hydrogen-bond acceptors (Lipinski definition) is 6. The summed E-state index contributed by atoms with van der Waals surface area (Å²) in [6.07, 6.45) is 2.01. The summed E-state index contributed by atoms with van der Waals surface area (Å²) in [6, 6.07) is 21.7. The minimum atomic E-state index is -3.86. The van der Waals surface area contributed by atoms with Crippen LogP contribution in [0, 0.1) is 6.92 Å². The van der Waals surface area contributed by atoms with E-state index in [0.717, 1.165) is 26.9 Å². The lowest BCUT2D eigenvalue weighted by molar-refractivity contribution is 0.404. The van der Waals surface area contributed by atoms with Crippen LogP contribution in [0.25, 0.3) is 5.70 Å². The van der Waals surface area contributed by atoms with Crippen LogP contribution in [0.3, 0.4) is 0 Å². The highest BCUT2D eigenvalue weighted by Crippen LogP contribution is 2.37. The summed E-state index contributed by atoms with van der Waals surface area (Å²) in [6.45, 7) is 1.90. The summed E-state index contributed by atoms with van der Waals surface area (Å²) >= 11 is 3.47. The molecule has 3 aromatic carbocycles. The van der Waals surface area contributed by atoms with Crippen molar-refractivity contribution in [3.8, 4) is 5.75 Å². The van der Waals surface area contributed by atoms with Crippen LogP contribution in [0.15, 0.2) is 88.2 Å². The van der Waals surface area contributed by atoms with Crippen LogP contribution in [0.4, 0.5) is 11.9 Å². The Morgan fingerprint density at radius 2 is 1.74 bits per heavy atom. The van der Waals surface area contributed by atoms with Gasteiger partial charge in [0.1, 0.15) is 11.8 Å². The first kappa shape index (κ1) is 23.1. The number of anilines is 2. The second-order valence-corrected chi connectivity index (χ2v) is 10.6. The molecule has 35 heavy (non-hydrogen) atoms. The molecule has 2 N–H and O–H groups in total. The van der Waals surface area contributed by atoms with Crippen LogP contribution >= 0.6 is 15.9 Å². The normalized spacial score (nSPS) is 15.1. The Kier molecular flexibility index (Phi) is 6.08. The Bertz CT molecular complexity index is 1510. The number of methoxy groups -OCH3 is 1. The Morgan fingerprint density at radius 1 is 1.03 bits per heavy atom. The van der Waals surface area contributed by atoms with E-state index < -0.39 is 10.0 Å². The number of fused-ring (bicyclic) bond motifs is 1. The molecule has 0 unspecified atom stereocenters. The number of sulfonamides is 1. The summed E-state index contributed by atoms with van der Waals surface area (Å²) < 4.78 is 36.6. The molecule has 1 aliphatic heterocycles. The minimum Gasteiger partial charge on any atom is -0.496 e. The van der Waals surface area contributed by atoms with Gasteiger partial charge < -0.3 is 10.1 Å². The fraction of sp³-hybridized carbons (Fsp3) is 0.120. The molecule has 1 aliphatic rings. The third-order valence-electron chi connectivity index (χ3n) is 5.64. The summed E-state index contributed by atoms with van der Waals surface area (Å²) in [5.41, 5.74) is 3.60. The van der Waals surface area contributed by atoms with Crippen LogP contribution in [-0.4, -0.2) is 30.3 Å². The molecule has 0 saturated carbocycles. The zero-order valence-corrected chi connectivity index (χ0v) is 21.3. The van der Waals surface area contributed by atoms with Crippen LogP contribution in [0.5, 0.6) is 5.75 Å². The van der Waals surface area contributed by atoms with Gasteiger partial charge in [-0.15, -0.1) is 5.10 Å². The smallest absolute Gasteiger partial charge is 0.264 e. The van der Waals surface area contributed by atoms with Crippen molar-refractivity contribution in [2.75, 3.05) is 17.1 Å². The lowest BCUT2D eigenvalue weighted by Gasteiger charge is -2.25. The van der Waals surface area contributed by atoms with Gasteiger partial charge in [-0.3, -0.25) is 0 Å². The first-order valence-corrected chi connectivity index (χ1v) is 13.1. The number of nitrogens with zero attached hydrogens (tertiary/aromatic N) is 3. The van der Waals surface area contributed by atoms with Gasteiger partial charge in [-0.1, -0.05) is 64.0 Å². The number of nitrogens with one attached hydrogen (secondary N) is 2. The van der Waals surface area contributed by atoms with E-state index in [-0.39, 0.29) is 16.9 Å².